The van der Waals surface area contributed by atoms with Gasteiger partial charge in [0.2, 0.25) is 0 Å². The molecule has 3 nitrogen and oxygen atoms in total. The fourth-order valence-corrected chi connectivity index (χ4v) is 3.68. The van der Waals surface area contributed by atoms with Gasteiger partial charge in [-0.15, -0.1) is 0 Å². The van der Waals surface area contributed by atoms with Gasteiger partial charge in [0.05, 0.1) is 0 Å². The summed E-state index contributed by atoms with van der Waals surface area (Å²) in [5.41, 5.74) is 4.98. The summed E-state index contributed by atoms with van der Waals surface area (Å²) in [6.45, 7) is 4.91. The van der Waals surface area contributed by atoms with Crippen molar-refractivity contribution in [3.63, 3.8) is 0 Å². The molecule has 0 aromatic heterocycles. The van der Waals surface area contributed by atoms with E-state index in [-0.39, 0.29) is 17.4 Å². The van der Waals surface area contributed by atoms with E-state index in [1.165, 1.54) is 11.1 Å². The van der Waals surface area contributed by atoms with Crippen LogP contribution in [0.4, 0.5) is 0 Å². The van der Waals surface area contributed by atoms with Crippen molar-refractivity contribution in [2.24, 2.45) is 0 Å². The Balaban J connectivity index is 0.000000693. The predicted molar refractivity (Wildman–Crippen MR) is 88.4 cm³/mol. The third kappa shape index (κ3) is 2.35. The molecule has 3 N–H and O–H groups in total. The van der Waals surface area contributed by atoms with Gasteiger partial charge in [-0.3, -0.25) is 0 Å². The van der Waals surface area contributed by atoms with Crippen molar-refractivity contribution in [3.8, 4) is 11.5 Å². The Kier molecular flexibility index (Phi) is 4.08. The smallest absolute Gasteiger partial charge is 0.157 e. The largest absolute Gasteiger partial charge is 0.504 e. The maximum Gasteiger partial charge on any atom is 0.157 e. The van der Waals surface area contributed by atoms with Crippen molar-refractivity contribution >= 4 is 0 Å². The van der Waals surface area contributed by atoms with Gasteiger partial charge in [0.1, 0.15) is 0 Å². The van der Waals surface area contributed by atoms with E-state index in [0.717, 1.165) is 30.5 Å². The van der Waals surface area contributed by atoms with E-state index in [9.17, 15) is 10.2 Å². The molecular formula is C19H23NO2. The maximum atomic E-state index is 9.84. The Labute approximate surface area is 131 Å². The highest BCUT2D eigenvalue weighted by molar-refractivity contribution is 5.53. The number of phenols is 2. The van der Waals surface area contributed by atoms with Gasteiger partial charge in [-0.05, 0) is 47.2 Å². The molecule has 1 heterocycles. The molecule has 0 bridgehead atoms. The lowest BCUT2D eigenvalue weighted by atomic mass is 9.72. The van der Waals surface area contributed by atoms with E-state index in [1.807, 2.05) is 13.8 Å². The van der Waals surface area contributed by atoms with Crippen molar-refractivity contribution in [1.29, 1.82) is 0 Å². The summed E-state index contributed by atoms with van der Waals surface area (Å²) in [6, 6.07) is 12.4. The van der Waals surface area contributed by atoms with E-state index in [2.05, 4.69) is 29.6 Å². The summed E-state index contributed by atoms with van der Waals surface area (Å²) < 4.78 is 0. The number of rotatable bonds is 0. The number of aryl methyl sites for hydroxylation is 1. The third-order valence-electron chi connectivity index (χ3n) is 4.64. The van der Waals surface area contributed by atoms with E-state index in [1.54, 1.807) is 12.1 Å². The summed E-state index contributed by atoms with van der Waals surface area (Å²) in [5.74, 6) is 0.238. The lowest BCUT2D eigenvalue weighted by molar-refractivity contribution is 0.380. The Morgan fingerprint density at radius 1 is 0.955 bits per heavy atom. The molecule has 1 aliphatic heterocycles. The van der Waals surface area contributed by atoms with Gasteiger partial charge in [-0.1, -0.05) is 38.1 Å². The van der Waals surface area contributed by atoms with Crippen LogP contribution in [0.3, 0.4) is 0 Å². The van der Waals surface area contributed by atoms with E-state index in [0.29, 0.717) is 6.04 Å². The van der Waals surface area contributed by atoms with Crippen molar-refractivity contribution in [3.05, 3.63) is 58.7 Å². The molecule has 2 aromatic carbocycles. The summed E-state index contributed by atoms with van der Waals surface area (Å²) in [7, 11) is 0. The fourth-order valence-electron chi connectivity index (χ4n) is 3.68. The molecule has 0 amide bonds. The van der Waals surface area contributed by atoms with Crippen molar-refractivity contribution in [2.75, 3.05) is 0 Å². The number of nitrogens with one attached hydrogen (secondary N) is 1. The normalized spacial score (nSPS) is 21.7. The Morgan fingerprint density at radius 2 is 1.68 bits per heavy atom. The molecule has 3 heteroatoms. The average Bonchev–Trinajstić information content (AvgIpc) is 2.57. The first-order chi connectivity index (χ1) is 10.7. The van der Waals surface area contributed by atoms with E-state index >= 15 is 0 Å². The SMILES string of the molecule is CC.Oc1cc2c(cc1O)C1c3ccccc3CNC1CC2. The van der Waals surface area contributed by atoms with E-state index < -0.39 is 0 Å². The lowest BCUT2D eigenvalue weighted by Gasteiger charge is -2.39. The number of aromatic hydroxyl groups is 2. The van der Waals surface area contributed by atoms with Gasteiger partial charge in [-0.25, -0.2) is 0 Å². The van der Waals surface area contributed by atoms with Crippen LogP contribution < -0.4 is 5.32 Å². The highest BCUT2D eigenvalue weighted by atomic mass is 16.3. The van der Waals surface area contributed by atoms with Gasteiger partial charge in [-0.2, -0.15) is 0 Å². The summed E-state index contributed by atoms with van der Waals surface area (Å²) >= 11 is 0. The first-order valence-electron chi connectivity index (χ1n) is 8.10. The van der Waals surface area contributed by atoms with Crippen LogP contribution in [0.5, 0.6) is 11.5 Å². The topological polar surface area (TPSA) is 52.5 Å². The molecule has 0 saturated heterocycles. The average molecular weight is 297 g/mol. The fraction of sp³-hybridized carbons (Fsp3) is 0.368. The van der Waals surface area contributed by atoms with Gasteiger partial charge in [0, 0.05) is 18.5 Å². The highest BCUT2D eigenvalue weighted by Gasteiger charge is 2.35. The second kappa shape index (κ2) is 6.01. The van der Waals surface area contributed by atoms with Crippen LogP contribution in [-0.2, 0) is 13.0 Å². The summed E-state index contributed by atoms with van der Waals surface area (Å²) in [5, 5.41) is 23.2. The van der Waals surface area contributed by atoms with Crippen LogP contribution >= 0.6 is 0 Å². The third-order valence-corrected chi connectivity index (χ3v) is 4.64. The number of phenolic OH excluding ortho intramolecular Hbond substituents is 2. The van der Waals surface area contributed by atoms with Crippen LogP contribution in [0.25, 0.3) is 0 Å². The van der Waals surface area contributed by atoms with Gasteiger partial charge in [0.25, 0.3) is 0 Å². The minimum Gasteiger partial charge on any atom is -0.504 e. The zero-order valence-electron chi connectivity index (χ0n) is 13.1. The van der Waals surface area contributed by atoms with Gasteiger partial charge in [0.15, 0.2) is 11.5 Å². The molecule has 116 valence electrons. The number of benzene rings is 2. The molecule has 0 spiro atoms. The van der Waals surface area contributed by atoms with Gasteiger partial charge >= 0.3 is 0 Å². The molecule has 2 aromatic rings. The standard InChI is InChI=1S/C17H17NO2.C2H6/c19-15-7-10-5-6-14-17(13(10)8-16(15)20)12-4-2-1-3-11(12)9-18-14;1-2/h1-4,7-8,14,17-20H,5-6,9H2;1-2H3. The maximum absolute atomic E-state index is 9.84. The molecule has 0 fully saturated rings. The quantitative estimate of drug-likeness (QED) is 0.650. The molecule has 4 rings (SSSR count). The molecule has 0 saturated carbocycles. The number of fused-ring (bicyclic) bond motifs is 5. The Hall–Kier alpha value is -2.00. The zero-order chi connectivity index (χ0) is 15.7. The van der Waals surface area contributed by atoms with Crippen LogP contribution in [-0.4, -0.2) is 16.3 Å². The van der Waals surface area contributed by atoms with Crippen molar-refractivity contribution in [1.82, 2.24) is 5.32 Å². The van der Waals surface area contributed by atoms with Crippen LogP contribution in [0, 0.1) is 0 Å². The van der Waals surface area contributed by atoms with Crippen LogP contribution in [0.2, 0.25) is 0 Å². The molecule has 0 radical (unpaired) electrons. The van der Waals surface area contributed by atoms with Crippen LogP contribution in [0.15, 0.2) is 36.4 Å². The monoisotopic (exact) mass is 297 g/mol. The molecular weight excluding hydrogens is 274 g/mol. The minimum atomic E-state index is -0.0209. The van der Waals surface area contributed by atoms with E-state index in [4.69, 9.17) is 0 Å². The molecule has 1 aliphatic carbocycles. The lowest BCUT2D eigenvalue weighted by Crippen LogP contribution is -2.42. The first-order valence-corrected chi connectivity index (χ1v) is 8.10. The number of hydrogen-bond acceptors (Lipinski definition) is 3. The summed E-state index contributed by atoms with van der Waals surface area (Å²) in [4.78, 5) is 0. The Morgan fingerprint density at radius 3 is 2.50 bits per heavy atom. The summed E-state index contributed by atoms with van der Waals surface area (Å²) in [6.07, 6.45) is 2.01. The Bertz CT molecular complexity index is 681. The van der Waals surface area contributed by atoms with Gasteiger partial charge < -0.3 is 15.5 Å². The van der Waals surface area contributed by atoms with Crippen molar-refractivity contribution < 1.29 is 10.2 Å². The second-order valence-corrected chi connectivity index (χ2v) is 5.74. The molecule has 2 unspecified atom stereocenters. The zero-order valence-corrected chi connectivity index (χ0v) is 13.1. The predicted octanol–water partition coefficient (Wildman–Crippen LogP) is 3.67. The van der Waals surface area contributed by atoms with Crippen molar-refractivity contribution in [2.45, 2.75) is 45.2 Å². The number of hydrogen-bond donors (Lipinski definition) is 3. The van der Waals surface area contributed by atoms with Crippen LogP contribution in [0.1, 0.15) is 48.4 Å². The molecule has 22 heavy (non-hydrogen) atoms. The second-order valence-electron chi connectivity index (χ2n) is 5.74. The minimum absolute atomic E-state index is 0.0146. The molecule has 2 aliphatic rings. The molecule has 2 atom stereocenters. The highest BCUT2D eigenvalue weighted by Crippen LogP contribution is 2.43. The first kappa shape index (κ1) is 14.9.